The Labute approximate surface area is 214 Å². The number of halogens is 2. The van der Waals surface area contributed by atoms with Crippen LogP contribution in [0.5, 0.6) is 5.75 Å². The van der Waals surface area contributed by atoms with E-state index in [1.807, 2.05) is 30.5 Å². The van der Waals surface area contributed by atoms with Crippen molar-refractivity contribution in [1.82, 2.24) is 9.88 Å². The van der Waals surface area contributed by atoms with E-state index in [0.29, 0.717) is 17.2 Å². The number of rotatable bonds is 11. The molecule has 0 bridgehead atoms. The van der Waals surface area contributed by atoms with Crippen LogP contribution in [-0.4, -0.2) is 53.5 Å². The number of hydrogen-bond donors (Lipinski definition) is 1. The number of thioether (sulfide) groups is 1. The number of ether oxygens (including phenoxy) is 1. The number of piperidine rings is 1. The zero-order valence-electron chi connectivity index (χ0n) is 20.5. The second kappa shape index (κ2) is 12.5. The second-order valence-electron chi connectivity index (χ2n) is 9.32. The smallest absolute Gasteiger partial charge is 0.308 e. The minimum Gasteiger partial charge on any atom is -0.497 e. The summed E-state index contributed by atoms with van der Waals surface area (Å²) in [4.78, 5) is 19.0. The number of nitrogens with zero attached hydrogens (tertiary/aromatic N) is 2. The number of hydrogen-bond acceptors (Lipinski definition) is 5. The number of fused-ring (bicyclic) bond motifs is 1. The normalized spacial score (nSPS) is 18.4. The van der Waals surface area contributed by atoms with Crippen molar-refractivity contribution < 1.29 is 23.4 Å². The van der Waals surface area contributed by atoms with E-state index in [-0.39, 0.29) is 11.8 Å². The first kappa shape index (κ1) is 26.4. The van der Waals surface area contributed by atoms with E-state index in [1.165, 1.54) is 23.4 Å². The van der Waals surface area contributed by atoms with Gasteiger partial charge in [0.1, 0.15) is 17.4 Å². The zero-order valence-corrected chi connectivity index (χ0v) is 21.3. The molecule has 0 aliphatic carbocycles. The van der Waals surface area contributed by atoms with Gasteiger partial charge in [-0.05, 0) is 105 Å². The Morgan fingerprint density at radius 1 is 1.19 bits per heavy atom. The van der Waals surface area contributed by atoms with Gasteiger partial charge in [0.05, 0.1) is 18.5 Å². The molecule has 8 heteroatoms. The van der Waals surface area contributed by atoms with Crippen LogP contribution >= 0.6 is 11.8 Å². The summed E-state index contributed by atoms with van der Waals surface area (Å²) in [5.74, 6) is -0.370. The Hall–Kier alpha value is -2.71. The van der Waals surface area contributed by atoms with Gasteiger partial charge < -0.3 is 14.7 Å². The average molecular weight is 515 g/mol. The number of likely N-dealkylation sites (tertiary alicyclic amines) is 1. The Kier molecular flexibility index (Phi) is 9.15. The lowest BCUT2D eigenvalue weighted by atomic mass is 9.81. The van der Waals surface area contributed by atoms with Crippen molar-refractivity contribution in [2.24, 2.45) is 11.8 Å². The molecule has 1 aromatic heterocycles. The van der Waals surface area contributed by atoms with E-state index < -0.39 is 17.6 Å². The number of carboxylic acids is 1. The molecule has 1 aliphatic rings. The molecule has 1 N–H and O–H groups in total. The van der Waals surface area contributed by atoms with E-state index >= 15 is 0 Å². The van der Waals surface area contributed by atoms with Gasteiger partial charge in [0.15, 0.2) is 0 Å². The summed E-state index contributed by atoms with van der Waals surface area (Å²) in [6.45, 7) is 2.16. The number of carbonyl (C=O) groups is 1. The summed E-state index contributed by atoms with van der Waals surface area (Å²) >= 11 is 1.30. The molecule has 0 amide bonds. The Morgan fingerprint density at radius 2 is 2.06 bits per heavy atom. The predicted octanol–water partition coefficient (Wildman–Crippen LogP) is 6.05. The van der Waals surface area contributed by atoms with Crippen LogP contribution in [0, 0.1) is 23.5 Å². The van der Waals surface area contributed by atoms with E-state index in [4.69, 9.17) is 4.74 Å². The number of aryl methyl sites for hydroxylation is 1. The highest BCUT2D eigenvalue weighted by molar-refractivity contribution is 7.99. The molecule has 3 aromatic rings. The van der Waals surface area contributed by atoms with Gasteiger partial charge in [-0.15, -0.1) is 11.8 Å². The molecule has 2 aromatic carbocycles. The first-order valence-electron chi connectivity index (χ1n) is 12.4. The number of aromatic nitrogens is 1. The largest absolute Gasteiger partial charge is 0.497 e. The molecule has 192 valence electrons. The summed E-state index contributed by atoms with van der Waals surface area (Å²) in [5, 5.41) is 11.0. The van der Waals surface area contributed by atoms with Crippen molar-refractivity contribution in [3.05, 3.63) is 65.9 Å². The summed E-state index contributed by atoms with van der Waals surface area (Å²) in [7, 11) is 1.65. The number of carboxylic acid groups (broad SMARTS) is 1. The third-order valence-electron chi connectivity index (χ3n) is 6.99. The number of aliphatic carboxylic acids is 1. The average Bonchev–Trinajstić information content (AvgIpc) is 2.88. The lowest BCUT2D eigenvalue weighted by Gasteiger charge is -2.36. The maximum atomic E-state index is 13.8. The predicted molar refractivity (Wildman–Crippen MR) is 139 cm³/mol. The van der Waals surface area contributed by atoms with Gasteiger partial charge in [-0.25, -0.2) is 8.78 Å². The van der Waals surface area contributed by atoms with Crippen LogP contribution in [0.4, 0.5) is 8.78 Å². The summed E-state index contributed by atoms with van der Waals surface area (Å²) in [6.07, 6.45) is 6.12. The SMILES string of the molecule is COc1ccc2nccc(CCC[C@@H]3CCN(CCCSc4cc(F)ccc4F)C[C@@H]3C(=O)O)c2c1. The third-order valence-corrected chi connectivity index (χ3v) is 8.10. The minimum atomic E-state index is -0.736. The first-order chi connectivity index (χ1) is 17.4. The lowest BCUT2D eigenvalue weighted by Crippen LogP contribution is -2.44. The van der Waals surface area contributed by atoms with Gasteiger partial charge in [0, 0.05) is 23.0 Å². The standard InChI is InChI=1S/C28H32F2N2O3S/c1-35-22-7-9-26-23(17-22)19(10-12-31-26)4-2-5-20-11-14-32(18-24(20)28(33)34)13-3-15-36-27-16-21(29)6-8-25(27)30/h6-10,12,16-17,20,24H,2-5,11,13-15,18H2,1H3,(H,33,34)/t20-,24+/m1/s1. The van der Waals surface area contributed by atoms with Crippen molar-refractivity contribution in [3.8, 4) is 5.75 Å². The van der Waals surface area contributed by atoms with Crippen LogP contribution in [0.15, 0.2) is 53.6 Å². The molecule has 4 rings (SSSR count). The quantitative estimate of drug-likeness (QED) is 0.248. The highest BCUT2D eigenvalue weighted by atomic mass is 32.2. The van der Waals surface area contributed by atoms with Gasteiger partial charge in [-0.2, -0.15) is 0 Å². The number of benzene rings is 2. The molecule has 2 atom stereocenters. The number of pyridine rings is 1. The third kappa shape index (κ3) is 6.73. The summed E-state index contributed by atoms with van der Waals surface area (Å²) in [6, 6.07) is 11.4. The summed E-state index contributed by atoms with van der Waals surface area (Å²) < 4.78 is 32.5. The monoisotopic (exact) mass is 514 g/mol. The molecule has 0 saturated carbocycles. The van der Waals surface area contributed by atoms with Crippen LogP contribution < -0.4 is 4.74 Å². The van der Waals surface area contributed by atoms with E-state index in [2.05, 4.69) is 9.88 Å². The molecular formula is C28H32F2N2O3S. The fourth-order valence-corrected chi connectivity index (χ4v) is 5.93. The van der Waals surface area contributed by atoms with Crippen molar-refractivity contribution in [2.45, 2.75) is 37.0 Å². The fraction of sp³-hybridized carbons (Fsp3) is 0.429. The van der Waals surface area contributed by atoms with Crippen LogP contribution in [0.2, 0.25) is 0 Å². The molecule has 2 heterocycles. The van der Waals surface area contributed by atoms with Gasteiger partial charge in [0.25, 0.3) is 0 Å². The second-order valence-corrected chi connectivity index (χ2v) is 10.5. The van der Waals surface area contributed by atoms with Gasteiger partial charge in [0.2, 0.25) is 0 Å². The molecule has 0 spiro atoms. The van der Waals surface area contributed by atoms with Crippen molar-refractivity contribution in [3.63, 3.8) is 0 Å². The van der Waals surface area contributed by atoms with Crippen molar-refractivity contribution in [1.29, 1.82) is 0 Å². The Bertz CT molecular complexity index is 1190. The molecule has 1 fully saturated rings. The van der Waals surface area contributed by atoms with Crippen LogP contribution in [0.1, 0.15) is 31.2 Å². The van der Waals surface area contributed by atoms with E-state index in [1.54, 1.807) is 7.11 Å². The maximum Gasteiger partial charge on any atom is 0.308 e. The first-order valence-corrected chi connectivity index (χ1v) is 13.4. The topological polar surface area (TPSA) is 62.7 Å². The highest BCUT2D eigenvalue weighted by Gasteiger charge is 2.33. The molecule has 36 heavy (non-hydrogen) atoms. The van der Waals surface area contributed by atoms with E-state index in [0.717, 1.165) is 74.0 Å². The summed E-state index contributed by atoms with van der Waals surface area (Å²) in [5.41, 5.74) is 2.14. The minimum absolute atomic E-state index is 0.150. The lowest BCUT2D eigenvalue weighted by molar-refractivity contribution is -0.146. The Balaban J connectivity index is 1.26. The Morgan fingerprint density at radius 3 is 2.86 bits per heavy atom. The maximum absolute atomic E-state index is 13.8. The molecule has 0 unspecified atom stereocenters. The van der Waals surface area contributed by atoms with Gasteiger partial charge in [-0.3, -0.25) is 9.78 Å². The van der Waals surface area contributed by atoms with Crippen LogP contribution in [0.25, 0.3) is 10.9 Å². The van der Waals surface area contributed by atoms with Crippen molar-refractivity contribution >= 4 is 28.6 Å². The van der Waals surface area contributed by atoms with Gasteiger partial charge in [-0.1, -0.05) is 0 Å². The zero-order chi connectivity index (χ0) is 25.5. The van der Waals surface area contributed by atoms with Crippen molar-refractivity contribution in [2.75, 3.05) is 32.5 Å². The molecule has 1 aliphatic heterocycles. The van der Waals surface area contributed by atoms with E-state index in [9.17, 15) is 18.7 Å². The molecule has 1 saturated heterocycles. The molecular weight excluding hydrogens is 482 g/mol. The number of methoxy groups -OCH3 is 1. The molecule has 0 radical (unpaired) electrons. The van der Waals surface area contributed by atoms with Gasteiger partial charge >= 0.3 is 5.97 Å². The van der Waals surface area contributed by atoms with Crippen LogP contribution in [-0.2, 0) is 11.2 Å². The highest BCUT2D eigenvalue weighted by Crippen LogP contribution is 2.31. The van der Waals surface area contributed by atoms with Crippen LogP contribution in [0.3, 0.4) is 0 Å². The molecule has 5 nitrogen and oxygen atoms in total. The fourth-order valence-electron chi connectivity index (χ4n) is 5.04.